The van der Waals surface area contributed by atoms with Crippen molar-refractivity contribution in [3.8, 4) is 0 Å². The second kappa shape index (κ2) is 9.59. The molecule has 0 radical (unpaired) electrons. The molecule has 4 nitrogen and oxygen atoms in total. The SMILES string of the molecule is CC(C)CCC(C)NC(=O)CCNC(=O)c1ccc(C(C)(C)C)cc1. The minimum absolute atomic E-state index is 0.0142. The molecule has 140 valence electrons. The van der Waals surface area contributed by atoms with Crippen molar-refractivity contribution in [2.24, 2.45) is 5.92 Å². The van der Waals surface area contributed by atoms with E-state index >= 15 is 0 Å². The molecule has 0 aliphatic rings. The second-order valence-electron chi connectivity index (χ2n) is 8.27. The Morgan fingerprint density at radius 2 is 1.60 bits per heavy atom. The van der Waals surface area contributed by atoms with E-state index in [-0.39, 0.29) is 23.3 Å². The van der Waals surface area contributed by atoms with Gasteiger partial charge in [0, 0.05) is 24.6 Å². The molecule has 0 aromatic heterocycles. The maximum Gasteiger partial charge on any atom is 0.251 e. The number of nitrogens with one attached hydrogen (secondary N) is 2. The van der Waals surface area contributed by atoms with E-state index in [1.54, 1.807) is 0 Å². The van der Waals surface area contributed by atoms with E-state index in [1.165, 1.54) is 5.56 Å². The van der Waals surface area contributed by atoms with Gasteiger partial charge in [0.1, 0.15) is 0 Å². The molecular weight excluding hydrogens is 312 g/mol. The smallest absolute Gasteiger partial charge is 0.251 e. The summed E-state index contributed by atoms with van der Waals surface area (Å²) in [5.74, 6) is 0.490. The van der Waals surface area contributed by atoms with Gasteiger partial charge in [-0.15, -0.1) is 0 Å². The first kappa shape index (κ1) is 21.2. The maximum absolute atomic E-state index is 12.1. The summed E-state index contributed by atoms with van der Waals surface area (Å²) < 4.78 is 0. The third-order valence-corrected chi connectivity index (χ3v) is 4.24. The van der Waals surface area contributed by atoms with Crippen LogP contribution in [0.4, 0.5) is 0 Å². The van der Waals surface area contributed by atoms with Gasteiger partial charge in [-0.05, 0) is 48.8 Å². The van der Waals surface area contributed by atoms with Crippen LogP contribution in [-0.4, -0.2) is 24.4 Å². The molecule has 1 aromatic carbocycles. The molecular formula is C21H34N2O2. The Morgan fingerprint density at radius 1 is 1.00 bits per heavy atom. The van der Waals surface area contributed by atoms with Gasteiger partial charge in [-0.25, -0.2) is 0 Å². The topological polar surface area (TPSA) is 58.2 Å². The molecule has 0 fully saturated rings. The Balaban J connectivity index is 2.35. The highest BCUT2D eigenvalue weighted by Crippen LogP contribution is 2.22. The van der Waals surface area contributed by atoms with Gasteiger partial charge in [-0.3, -0.25) is 9.59 Å². The van der Waals surface area contributed by atoms with E-state index in [0.717, 1.165) is 12.8 Å². The van der Waals surface area contributed by atoms with Gasteiger partial charge in [0.05, 0.1) is 0 Å². The quantitative estimate of drug-likeness (QED) is 0.746. The van der Waals surface area contributed by atoms with Gasteiger partial charge in [0.2, 0.25) is 5.91 Å². The van der Waals surface area contributed by atoms with Gasteiger partial charge in [-0.1, -0.05) is 46.8 Å². The monoisotopic (exact) mass is 346 g/mol. The number of carbonyl (C=O) groups excluding carboxylic acids is 2. The molecule has 1 aromatic rings. The van der Waals surface area contributed by atoms with Crippen molar-refractivity contribution in [1.29, 1.82) is 0 Å². The predicted octanol–water partition coefficient (Wildman–Crippen LogP) is 4.04. The van der Waals surface area contributed by atoms with Crippen LogP contribution >= 0.6 is 0 Å². The number of hydrogen-bond donors (Lipinski definition) is 2. The van der Waals surface area contributed by atoms with Crippen LogP contribution in [0.15, 0.2) is 24.3 Å². The summed E-state index contributed by atoms with van der Waals surface area (Å²) in [6, 6.07) is 7.82. The van der Waals surface area contributed by atoms with E-state index in [1.807, 2.05) is 31.2 Å². The summed E-state index contributed by atoms with van der Waals surface area (Å²) in [7, 11) is 0. The minimum Gasteiger partial charge on any atom is -0.354 e. The van der Waals surface area contributed by atoms with Crippen LogP contribution in [-0.2, 0) is 10.2 Å². The fourth-order valence-corrected chi connectivity index (χ4v) is 2.52. The number of amides is 2. The van der Waals surface area contributed by atoms with Gasteiger partial charge in [0.15, 0.2) is 0 Å². The Morgan fingerprint density at radius 3 is 2.12 bits per heavy atom. The Kier molecular flexibility index (Phi) is 8.14. The Bertz CT molecular complexity index is 556. The lowest BCUT2D eigenvalue weighted by Crippen LogP contribution is -2.35. The lowest BCUT2D eigenvalue weighted by Gasteiger charge is -2.19. The van der Waals surface area contributed by atoms with Crippen molar-refractivity contribution in [2.75, 3.05) is 6.54 Å². The molecule has 2 N–H and O–H groups in total. The van der Waals surface area contributed by atoms with Crippen LogP contribution in [0.25, 0.3) is 0 Å². The standard InChI is InChI=1S/C21H34N2O2/c1-15(2)7-8-16(3)23-19(24)13-14-22-20(25)17-9-11-18(12-10-17)21(4,5)6/h9-12,15-16H,7-8,13-14H2,1-6H3,(H,22,25)(H,23,24). The average molecular weight is 347 g/mol. The summed E-state index contributed by atoms with van der Waals surface area (Å²) in [6.45, 7) is 13.2. The number of benzene rings is 1. The lowest BCUT2D eigenvalue weighted by molar-refractivity contribution is -0.121. The van der Waals surface area contributed by atoms with Crippen molar-refractivity contribution in [2.45, 2.75) is 72.3 Å². The summed E-state index contributed by atoms with van der Waals surface area (Å²) >= 11 is 0. The molecule has 0 saturated carbocycles. The molecule has 2 amide bonds. The van der Waals surface area contributed by atoms with Crippen molar-refractivity contribution >= 4 is 11.8 Å². The lowest BCUT2D eigenvalue weighted by atomic mass is 9.87. The fraction of sp³-hybridized carbons (Fsp3) is 0.619. The van der Waals surface area contributed by atoms with Gasteiger partial charge < -0.3 is 10.6 Å². The molecule has 0 saturated heterocycles. The molecule has 0 spiro atoms. The molecule has 1 atom stereocenters. The van der Waals surface area contributed by atoms with Crippen molar-refractivity contribution in [3.05, 3.63) is 35.4 Å². The predicted molar refractivity (Wildman–Crippen MR) is 104 cm³/mol. The van der Waals surface area contributed by atoms with Gasteiger partial charge in [0.25, 0.3) is 5.91 Å². The molecule has 0 heterocycles. The van der Waals surface area contributed by atoms with Crippen LogP contribution in [0.2, 0.25) is 0 Å². The second-order valence-corrected chi connectivity index (χ2v) is 8.27. The number of carbonyl (C=O) groups is 2. The van der Waals surface area contributed by atoms with Crippen LogP contribution in [0.1, 0.15) is 76.7 Å². The van der Waals surface area contributed by atoms with Crippen molar-refractivity contribution in [3.63, 3.8) is 0 Å². The van der Waals surface area contributed by atoms with E-state index < -0.39 is 0 Å². The summed E-state index contributed by atoms with van der Waals surface area (Å²) in [5, 5.41) is 5.79. The molecule has 1 rings (SSSR count). The van der Waals surface area contributed by atoms with E-state index in [0.29, 0.717) is 24.4 Å². The number of hydrogen-bond acceptors (Lipinski definition) is 2. The Hall–Kier alpha value is -1.84. The maximum atomic E-state index is 12.1. The zero-order valence-corrected chi connectivity index (χ0v) is 16.6. The highest BCUT2D eigenvalue weighted by Gasteiger charge is 2.14. The number of rotatable bonds is 8. The third-order valence-electron chi connectivity index (χ3n) is 4.24. The zero-order chi connectivity index (χ0) is 19.0. The normalized spacial score (nSPS) is 12.8. The average Bonchev–Trinajstić information content (AvgIpc) is 2.52. The van der Waals surface area contributed by atoms with Crippen molar-refractivity contribution < 1.29 is 9.59 Å². The molecule has 0 aliphatic heterocycles. The van der Waals surface area contributed by atoms with Crippen LogP contribution in [0, 0.1) is 5.92 Å². The first-order valence-corrected chi connectivity index (χ1v) is 9.27. The molecule has 0 aliphatic carbocycles. The minimum atomic E-state index is -0.138. The first-order chi connectivity index (χ1) is 11.6. The zero-order valence-electron chi connectivity index (χ0n) is 16.6. The highest BCUT2D eigenvalue weighted by atomic mass is 16.2. The highest BCUT2D eigenvalue weighted by molar-refractivity contribution is 5.94. The Labute approximate surface area is 152 Å². The largest absolute Gasteiger partial charge is 0.354 e. The van der Waals surface area contributed by atoms with Gasteiger partial charge >= 0.3 is 0 Å². The molecule has 1 unspecified atom stereocenters. The van der Waals surface area contributed by atoms with Crippen molar-refractivity contribution in [1.82, 2.24) is 10.6 Å². The van der Waals surface area contributed by atoms with Crippen LogP contribution in [0.5, 0.6) is 0 Å². The summed E-state index contributed by atoms with van der Waals surface area (Å²) in [5.41, 5.74) is 1.89. The fourth-order valence-electron chi connectivity index (χ4n) is 2.52. The summed E-state index contributed by atoms with van der Waals surface area (Å²) in [4.78, 5) is 24.1. The van der Waals surface area contributed by atoms with E-state index in [4.69, 9.17) is 0 Å². The van der Waals surface area contributed by atoms with E-state index in [2.05, 4.69) is 45.3 Å². The third kappa shape index (κ3) is 8.19. The molecule has 25 heavy (non-hydrogen) atoms. The molecule has 0 bridgehead atoms. The van der Waals surface area contributed by atoms with Crippen LogP contribution < -0.4 is 10.6 Å². The molecule has 4 heteroatoms. The van der Waals surface area contributed by atoms with Gasteiger partial charge in [-0.2, -0.15) is 0 Å². The first-order valence-electron chi connectivity index (χ1n) is 9.27. The van der Waals surface area contributed by atoms with Crippen LogP contribution in [0.3, 0.4) is 0 Å². The van der Waals surface area contributed by atoms with E-state index in [9.17, 15) is 9.59 Å². The summed E-state index contributed by atoms with van der Waals surface area (Å²) in [6.07, 6.45) is 2.39.